The predicted octanol–water partition coefficient (Wildman–Crippen LogP) is 7.11. The van der Waals surface area contributed by atoms with Gasteiger partial charge in [-0.1, -0.05) is 13.8 Å². The van der Waals surface area contributed by atoms with E-state index in [0.717, 1.165) is 0 Å². The molecule has 2 N–H and O–H groups in total. The first-order valence-corrected chi connectivity index (χ1v) is 10.6. The zero-order valence-electron chi connectivity index (χ0n) is 19.2. The molecule has 2 aromatic carbocycles. The van der Waals surface area contributed by atoms with Crippen LogP contribution in [0.15, 0.2) is 29.4 Å². The number of nitrogens with zero attached hydrogens (tertiary/aromatic N) is 4. The lowest BCUT2D eigenvalue weighted by Gasteiger charge is -2.14. The van der Waals surface area contributed by atoms with Crippen LogP contribution in [-0.4, -0.2) is 27.8 Å². The summed E-state index contributed by atoms with van der Waals surface area (Å²) in [6.45, 7) is 3.24. The summed E-state index contributed by atoms with van der Waals surface area (Å²) in [5.41, 5.74) is -8.56. The molecular weight excluding hydrogens is 518 g/mol. The third-order valence-electron chi connectivity index (χ3n) is 4.75. The van der Waals surface area contributed by atoms with Crippen LogP contribution in [0.25, 0.3) is 0 Å². The largest absolute Gasteiger partial charge is 0.594 e. The summed E-state index contributed by atoms with van der Waals surface area (Å²) >= 11 is 0. The van der Waals surface area contributed by atoms with E-state index >= 15 is 0 Å². The fourth-order valence-electron chi connectivity index (χ4n) is 3.08. The molecule has 0 aliphatic rings. The van der Waals surface area contributed by atoms with Gasteiger partial charge in [-0.3, -0.25) is 20.2 Å². The maximum Gasteiger partial charge on any atom is 0.416 e. The van der Waals surface area contributed by atoms with Crippen molar-refractivity contribution in [2.75, 3.05) is 23.7 Å². The van der Waals surface area contributed by atoms with Gasteiger partial charge in [0.05, 0.1) is 21.0 Å². The molecule has 0 aliphatic carbocycles. The van der Waals surface area contributed by atoms with Crippen molar-refractivity contribution in [2.45, 2.75) is 39.0 Å². The van der Waals surface area contributed by atoms with Crippen molar-refractivity contribution in [1.29, 1.82) is 0 Å². The molecule has 0 bridgehead atoms. The van der Waals surface area contributed by atoms with Crippen molar-refractivity contribution in [3.05, 3.63) is 60.8 Å². The molecule has 0 amide bonds. The van der Waals surface area contributed by atoms with Gasteiger partial charge in [0, 0.05) is 36.4 Å². The van der Waals surface area contributed by atoms with Crippen molar-refractivity contribution >= 4 is 34.1 Å². The van der Waals surface area contributed by atoms with Gasteiger partial charge in [0.1, 0.15) is 5.69 Å². The van der Waals surface area contributed by atoms with E-state index in [4.69, 9.17) is 0 Å². The van der Waals surface area contributed by atoms with E-state index in [1.807, 2.05) is 0 Å². The number of nitro benzene ring substituents is 2. The minimum Gasteiger partial charge on any atom is -0.594 e. The number of hydrogen-bond acceptors (Lipinski definition) is 8. The maximum atomic E-state index is 13.4. The van der Waals surface area contributed by atoms with Gasteiger partial charge >= 0.3 is 12.4 Å². The van der Waals surface area contributed by atoms with Crippen LogP contribution in [0.4, 0.5) is 60.5 Å². The highest BCUT2D eigenvalue weighted by Crippen LogP contribution is 2.44. The van der Waals surface area contributed by atoms with Gasteiger partial charge in [-0.2, -0.15) is 26.3 Å². The van der Waals surface area contributed by atoms with Crippen LogP contribution < -0.4 is 10.6 Å². The number of halogens is 6. The SMILES string of the molecule is CCCNc1c(N=[N+]([O-])c2cc(C(F)(F)F)cc([N+](=O)[O-])c2NCCC)cc(C(F)(F)F)cc1[N+](=O)[O-]. The normalized spacial score (nSPS) is 12.4. The van der Waals surface area contributed by atoms with Crippen LogP contribution >= 0.6 is 0 Å². The molecular formula is C20H20F6N6O5. The summed E-state index contributed by atoms with van der Waals surface area (Å²) in [6, 6.07) is 0.952. The van der Waals surface area contributed by atoms with Gasteiger partial charge in [-0.25, -0.2) is 0 Å². The average molecular weight is 538 g/mol. The molecule has 0 aromatic heterocycles. The Morgan fingerprint density at radius 2 is 1.14 bits per heavy atom. The lowest BCUT2D eigenvalue weighted by molar-refractivity contribution is -0.435. The fourth-order valence-corrected chi connectivity index (χ4v) is 3.08. The average Bonchev–Trinajstić information content (AvgIpc) is 2.79. The Morgan fingerprint density at radius 3 is 1.57 bits per heavy atom. The quantitative estimate of drug-likeness (QED) is 0.108. The summed E-state index contributed by atoms with van der Waals surface area (Å²) in [4.78, 5) is 20.1. The Balaban J connectivity index is 2.93. The summed E-state index contributed by atoms with van der Waals surface area (Å²) in [5, 5.41) is 44.2. The van der Waals surface area contributed by atoms with E-state index in [-0.39, 0.29) is 31.3 Å². The van der Waals surface area contributed by atoms with Crippen LogP contribution in [0, 0.1) is 25.4 Å². The number of nitrogens with one attached hydrogen (secondary N) is 2. The number of benzene rings is 2. The zero-order chi connectivity index (χ0) is 28.1. The molecule has 0 saturated carbocycles. The van der Waals surface area contributed by atoms with Crippen LogP contribution in [-0.2, 0) is 12.4 Å². The highest BCUT2D eigenvalue weighted by atomic mass is 19.4. The molecule has 0 heterocycles. The Hall–Kier alpha value is -4.18. The molecule has 37 heavy (non-hydrogen) atoms. The molecule has 0 atom stereocenters. The van der Waals surface area contributed by atoms with Gasteiger partial charge < -0.3 is 15.8 Å². The number of nitro groups is 2. The third-order valence-corrected chi connectivity index (χ3v) is 4.75. The highest BCUT2D eigenvalue weighted by Gasteiger charge is 2.38. The standard InChI is InChI=1S/C20H20F6N6O5/c1-3-5-27-17-13(7-11(19(21,22)23)9-15(17)31(34)35)29-30(33)14-8-12(20(24,25)26)10-16(32(36)37)18(14)28-6-4-2/h7-10,27-28H,3-6H2,1-2H3. The van der Waals surface area contributed by atoms with E-state index in [1.165, 1.54) is 0 Å². The van der Waals surface area contributed by atoms with E-state index in [0.29, 0.717) is 18.9 Å². The van der Waals surface area contributed by atoms with Crippen molar-refractivity contribution in [3.63, 3.8) is 0 Å². The minimum absolute atomic E-state index is 0.00587. The molecule has 0 unspecified atom stereocenters. The predicted molar refractivity (Wildman–Crippen MR) is 119 cm³/mol. The van der Waals surface area contributed by atoms with Gasteiger partial charge in [-0.15, -0.1) is 0 Å². The number of hydrogen-bond donors (Lipinski definition) is 2. The van der Waals surface area contributed by atoms with Gasteiger partial charge in [0.25, 0.3) is 17.1 Å². The second kappa shape index (κ2) is 11.3. The molecule has 0 fully saturated rings. The first-order chi connectivity index (χ1) is 17.1. The molecule has 202 valence electrons. The minimum atomic E-state index is -5.13. The number of azo groups is 1. The second-order valence-electron chi connectivity index (χ2n) is 7.52. The first kappa shape index (κ1) is 29.1. The highest BCUT2D eigenvalue weighted by molar-refractivity contribution is 5.78. The van der Waals surface area contributed by atoms with Crippen LogP contribution in [0.2, 0.25) is 0 Å². The Bertz CT molecular complexity index is 1220. The molecule has 2 rings (SSSR count). The first-order valence-electron chi connectivity index (χ1n) is 10.6. The molecule has 0 saturated heterocycles. The Morgan fingerprint density at radius 1 is 0.730 bits per heavy atom. The smallest absolute Gasteiger partial charge is 0.416 e. The number of rotatable bonds is 10. The van der Waals surface area contributed by atoms with Crippen molar-refractivity contribution in [2.24, 2.45) is 5.11 Å². The second-order valence-corrected chi connectivity index (χ2v) is 7.52. The number of alkyl halides is 6. The lowest BCUT2D eigenvalue weighted by Crippen LogP contribution is -2.12. The molecule has 0 aliphatic heterocycles. The maximum absolute atomic E-state index is 13.4. The third kappa shape index (κ3) is 6.95. The summed E-state index contributed by atoms with van der Waals surface area (Å²) in [5.74, 6) is 0. The van der Waals surface area contributed by atoms with E-state index < -0.39 is 72.3 Å². The van der Waals surface area contributed by atoms with Crippen LogP contribution in [0.5, 0.6) is 0 Å². The monoisotopic (exact) mass is 538 g/mol. The van der Waals surface area contributed by atoms with Gasteiger partial charge in [0.15, 0.2) is 11.4 Å². The molecule has 2 aromatic rings. The molecule has 17 heteroatoms. The zero-order valence-corrected chi connectivity index (χ0v) is 19.2. The lowest BCUT2D eigenvalue weighted by atomic mass is 10.1. The Labute approximate surface area is 204 Å². The summed E-state index contributed by atoms with van der Waals surface area (Å²) in [6.07, 6.45) is -9.55. The van der Waals surface area contributed by atoms with Crippen LogP contribution in [0.3, 0.4) is 0 Å². The summed E-state index contributed by atoms with van der Waals surface area (Å²) in [7, 11) is 0. The molecule has 0 radical (unpaired) electrons. The van der Waals surface area contributed by atoms with E-state index in [1.54, 1.807) is 13.8 Å². The van der Waals surface area contributed by atoms with Crippen molar-refractivity contribution < 1.29 is 41.0 Å². The topological polar surface area (TPSA) is 149 Å². The fraction of sp³-hybridized carbons (Fsp3) is 0.400. The molecule has 0 spiro atoms. The van der Waals surface area contributed by atoms with Crippen molar-refractivity contribution in [3.8, 4) is 0 Å². The van der Waals surface area contributed by atoms with E-state index in [2.05, 4.69) is 15.7 Å². The van der Waals surface area contributed by atoms with Crippen LogP contribution in [0.1, 0.15) is 37.8 Å². The van der Waals surface area contributed by atoms with E-state index in [9.17, 15) is 51.8 Å². The number of anilines is 2. The van der Waals surface area contributed by atoms with Gasteiger partial charge in [0.2, 0.25) is 0 Å². The molecule has 11 nitrogen and oxygen atoms in total. The van der Waals surface area contributed by atoms with Crippen molar-refractivity contribution in [1.82, 2.24) is 0 Å². The van der Waals surface area contributed by atoms with Gasteiger partial charge in [-0.05, 0) is 23.8 Å². The summed E-state index contributed by atoms with van der Waals surface area (Å²) < 4.78 is 80.4. The Kier molecular flexibility index (Phi) is 8.84.